The fourth-order valence-electron chi connectivity index (χ4n) is 1.79. The highest BCUT2D eigenvalue weighted by atomic mass is 127. The average Bonchev–Trinajstić information content (AvgIpc) is 2.89. The number of nitrogens with zero attached hydrogens (tertiary/aromatic N) is 1. The quantitative estimate of drug-likeness (QED) is 0.242. The molecule has 0 aliphatic carbocycles. The maximum Gasteiger partial charge on any atom is 0.191 e. The standard InChI is InChI=1S/C12H25N3O4S.HI/c1-13-12(15-10-11-4-3-6-19-11)14-5-7-18-8-9-20(2,16)17;/h11H,3-10H2,1-2H3,(H2,13,14,15);1H. The first-order valence-electron chi connectivity index (χ1n) is 6.83. The summed E-state index contributed by atoms with van der Waals surface area (Å²) >= 11 is 0. The molecular weight excluding hydrogens is 409 g/mol. The molecule has 126 valence electrons. The smallest absolute Gasteiger partial charge is 0.191 e. The molecule has 9 heteroatoms. The van der Waals surface area contributed by atoms with Crippen molar-refractivity contribution >= 4 is 39.8 Å². The average molecular weight is 435 g/mol. The Morgan fingerprint density at radius 1 is 1.38 bits per heavy atom. The zero-order valence-electron chi connectivity index (χ0n) is 12.6. The van der Waals surface area contributed by atoms with Gasteiger partial charge in [-0.15, -0.1) is 24.0 Å². The number of aliphatic imine (C=N–C) groups is 1. The third-order valence-electron chi connectivity index (χ3n) is 2.88. The van der Waals surface area contributed by atoms with Gasteiger partial charge in [-0.1, -0.05) is 0 Å². The summed E-state index contributed by atoms with van der Waals surface area (Å²) in [7, 11) is -1.24. The van der Waals surface area contributed by atoms with E-state index in [1.54, 1.807) is 7.05 Å². The summed E-state index contributed by atoms with van der Waals surface area (Å²) in [6.07, 6.45) is 3.66. The van der Waals surface area contributed by atoms with E-state index in [2.05, 4.69) is 15.6 Å². The second-order valence-corrected chi connectivity index (χ2v) is 7.02. The Kier molecular flexibility index (Phi) is 11.4. The molecule has 1 fully saturated rings. The number of hydrogen-bond donors (Lipinski definition) is 2. The van der Waals surface area contributed by atoms with Crippen LogP contribution in [0.25, 0.3) is 0 Å². The predicted octanol–water partition coefficient (Wildman–Crippen LogP) is 0.00960. The third-order valence-corrected chi connectivity index (χ3v) is 3.79. The SMILES string of the molecule is CN=C(NCCOCCS(C)(=O)=O)NCC1CCCO1.I. The molecule has 1 saturated heterocycles. The largest absolute Gasteiger partial charge is 0.379 e. The molecule has 21 heavy (non-hydrogen) atoms. The molecule has 0 amide bonds. The summed E-state index contributed by atoms with van der Waals surface area (Å²) in [5, 5.41) is 6.29. The Morgan fingerprint density at radius 2 is 2.14 bits per heavy atom. The Morgan fingerprint density at radius 3 is 2.71 bits per heavy atom. The second-order valence-electron chi connectivity index (χ2n) is 4.76. The lowest BCUT2D eigenvalue weighted by molar-refractivity contribution is 0.113. The van der Waals surface area contributed by atoms with Gasteiger partial charge < -0.3 is 20.1 Å². The molecule has 1 heterocycles. The van der Waals surface area contributed by atoms with E-state index >= 15 is 0 Å². The van der Waals surface area contributed by atoms with Crippen molar-refractivity contribution in [3.8, 4) is 0 Å². The van der Waals surface area contributed by atoms with Crippen molar-refractivity contribution < 1.29 is 17.9 Å². The molecule has 0 saturated carbocycles. The predicted molar refractivity (Wildman–Crippen MR) is 94.3 cm³/mol. The van der Waals surface area contributed by atoms with Crippen molar-refractivity contribution in [3.63, 3.8) is 0 Å². The Hall–Kier alpha value is -0.130. The van der Waals surface area contributed by atoms with Crippen LogP contribution in [0, 0.1) is 0 Å². The molecular formula is C12H26IN3O4S. The summed E-state index contributed by atoms with van der Waals surface area (Å²) in [4.78, 5) is 4.09. The van der Waals surface area contributed by atoms with Gasteiger partial charge in [-0.3, -0.25) is 4.99 Å². The van der Waals surface area contributed by atoms with Crippen molar-refractivity contribution in [1.29, 1.82) is 0 Å². The van der Waals surface area contributed by atoms with E-state index in [1.807, 2.05) is 0 Å². The topological polar surface area (TPSA) is 89.0 Å². The first kappa shape index (κ1) is 20.9. The number of sulfone groups is 1. The molecule has 0 aromatic rings. The minimum Gasteiger partial charge on any atom is -0.379 e. The van der Waals surface area contributed by atoms with E-state index < -0.39 is 9.84 Å². The van der Waals surface area contributed by atoms with E-state index in [4.69, 9.17) is 9.47 Å². The van der Waals surface area contributed by atoms with Gasteiger partial charge in [0.2, 0.25) is 0 Å². The molecule has 0 spiro atoms. The second kappa shape index (κ2) is 11.4. The fraction of sp³-hybridized carbons (Fsp3) is 0.917. The molecule has 0 aromatic carbocycles. The van der Waals surface area contributed by atoms with E-state index in [1.165, 1.54) is 6.26 Å². The Labute approximate surface area is 144 Å². The van der Waals surface area contributed by atoms with E-state index in [0.717, 1.165) is 26.0 Å². The number of halogens is 1. The van der Waals surface area contributed by atoms with Crippen LogP contribution in [0.1, 0.15) is 12.8 Å². The van der Waals surface area contributed by atoms with Gasteiger partial charge in [0.05, 0.1) is 25.1 Å². The molecule has 1 aliphatic heterocycles. The normalized spacial score (nSPS) is 19.1. The molecule has 1 aliphatic rings. The van der Waals surface area contributed by atoms with E-state index in [-0.39, 0.29) is 42.4 Å². The summed E-state index contributed by atoms with van der Waals surface area (Å²) in [6.45, 7) is 2.83. The van der Waals surface area contributed by atoms with Gasteiger partial charge in [0.25, 0.3) is 0 Å². The lowest BCUT2D eigenvalue weighted by Crippen LogP contribution is -2.42. The molecule has 7 nitrogen and oxygen atoms in total. The van der Waals surface area contributed by atoms with Crippen molar-refractivity contribution in [2.24, 2.45) is 4.99 Å². The first-order chi connectivity index (χ1) is 9.51. The van der Waals surface area contributed by atoms with Crippen molar-refractivity contribution in [2.45, 2.75) is 18.9 Å². The van der Waals surface area contributed by atoms with Crippen LogP contribution in [0.2, 0.25) is 0 Å². The van der Waals surface area contributed by atoms with Crippen LogP contribution in [0.3, 0.4) is 0 Å². The Bertz CT molecular complexity index is 397. The molecule has 0 bridgehead atoms. The summed E-state index contributed by atoms with van der Waals surface area (Å²) < 4.78 is 32.5. The first-order valence-corrected chi connectivity index (χ1v) is 8.89. The van der Waals surface area contributed by atoms with Crippen molar-refractivity contribution in [2.75, 3.05) is 52.0 Å². The van der Waals surface area contributed by atoms with Crippen molar-refractivity contribution in [3.05, 3.63) is 0 Å². The molecule has 1 atom stereocenters. The van der Waals surface area contributed by atoms with E-state index in [9.17, 15) is 8.42 Å². The van der Waals surface area contributed by atoms with Gasteiger partial charge in [0, 0.05) is 33.0 Å². The summed E-state index contributed by atoms with van der Waals surface area (Å²) in [5.41, 5.74) is 0. The maximum absolute atomic E-state index is 10.9. The van der Waals surface area contributed by atoms with Crippen LogP contribution >= 0.6 is 24.0 Å². The highest BCUT2D eigenvalue weighted by Crippen LogP contribution is 2.10. The number of rotatable bonds is 8. The maximum atomic E-state index is 10.9. The third kappa shape index (κ3) is 11.1. The van der Waals surface area contributed by atoms with Crippen LogP contribution in [0.15, 0.2) is 4.99 Å². The summed E-state index contributed by atoms with van der Waals surface area (Å²) in [6, 6.07) is 0. The van der Waals surface area contributed by atoms with Gasteiger partial charge >= 0.3 is 0 Å². The number of hydrogen-bond acceptors (Lipinski definition) is 5. The minimum absolute atomic E-state index is 0. The van der Waals surface area contributed by atoms with Gasteiger partial charge in [-0.25, -0.2) is 8.42 Å². The van der Waals surface area contributed by atoms with Gasteiger partial charge in [-0.2, -0.15) is 0 Å². The van der Waals surface area contributed by atoms with Crippen LogP contribution < -0.4 is 10.6 Å². The van der Waals surface area contributed by atoms with Crippen LogP contribution in [0.5, 0.6) is 0 Å². The van der Waals surface area contributed by atoms with Crippen LogP contribution in [-0.2, 0) is 19.3 Å². The lowest BCUT2D eigenvalue weighted by Gasteiger charge is -2.15. The molecule has 1 unspecified atom stereocenters. The highest BCUT2D eigenvalue weighted by molar-refractivity contribution is 14.0. The van der Waals surface area contributed by atoms with Gasteiger partial charge in [0.1, 0.15) is 9.84 Å². The van der Waals surface area contributed by atoms with Crippen molar-refractivity contribution in [1.82, 2.24) is 10.6 Å². The van der Waals surface area contributed by atoms with Crippen LogP contribution in [0.4, 0.5) is 0 Å². The number of guanidine groups is 1. The van der Waals surface area contributed by atoms with Gasteiger partial charge in [0.15, 0.2) is 5.96 Å². The zero-order valence-corrected chi connectivity index (χ0v) is 15.8. The number of ether oxygens (including phenoxy) is 2. The molecule has 2 N–H and O–H groups in total. The van der Waals surface area contributed by atoms with Crippen LogP contribution in [-0.4, -0.2) is 72.4 Å². The monoisotopic (exact) mass is 435 g/mol. The van der Waals surface area contributed by atoms with Gasteiger partial charge in [-0.05, 0) is 12.8 Å². The fourth-order valence-corrected chi connectivity index (χ4v) is 2.21. The summed E-state index contributed by atoms with van der Waals surface area (Å²) in [5.74, 6) is 0.756. The lowest BCUT2D eigenvalue weighted by atomic mass is 10.2. The molecule has 0 radical (unpaired) electrons. The Balaban J connectivity index is 0.00000400. The number of nitrogens with one attached hydrogen (secondary N) is 2. The highest BCUT2D eigenvalue weighted by Gasteiger charge is 2.15. The van der Waals surface area contributed by atoms with E-state index in [0.29, 0.717) is 19.1 Å². The molecule has 0 aromatic heterocycles. The minimum atomic E-state index is -2.95. The zero-order chi connectivity index (χ0) is 14.8. The molecule has 1 rings (SSSR count).